The van der Waals surface area contributed by atoms with Gasteiger partial charge in [0.1, 0.15) is 4.20 Å². The summed E-state index contributed by atoms with van der Waals surface area (Å²) in [5, 5.41) is 0. The Balaban J connectivity index is 1.77. The minimum absolute atomic E-state index is 0.0337. The molecule has 0 amide bonds. The van der Waals surface area contributed by atoms with Crippen molar-refractivity contribution in [2.75, 3.05) is 46.5 Å². The van der Waals surface area contributed by atoms with E-state index in [1.807, 2.05) is 6.07 Å². The Bertz CT molecular complexity index is 1050. The smallest absolute Gasteiger partial charge is 0.161 e. The Kier molecular flexibility index (Phi) is 8.32. The molecule has 1 aliphatic heterocycles. The fourth-order valence-electron chi connectivity index (χ4n) is 5.61. The molecule has 1 saturated heterocycles. The quantitative estimate of drug-likeness (QED) is 0.329. The monoisotopic (exact) mass is 531 g/mol. The first-order valence-corrected chi connectivity index (χ1v) is 14.7. The molecular weight excluding hydrogens is 490 g/mol. The molecule has 2 aliphatic rings. The highest BCUT2D eigenvalue weighted by atomic mass is 32.2. The van der Waals surface area contributed by atoms with Crippen molar-refractivity contribution in [3.63, 3.8) is 0 Å². The van der Waals surface area contributed by atoms with E-state index in [1.165, 1.54) is 48.3 Å². The van der Waals surface area contributed by atoms with E-state index in [1.54, 1.807) is 28.4 Å². The predicted molar refractivity (Wildman–Crippen MR) is 152 cm³/mol. The van der Waals surface area contributed by atoms with Crippen LogP contribution in [0.3, 0.4) is 0 Å². The Hall–Kier alpha value is -1.70. The average molecular weight is 532 g/mol. The standard InChI is InChI=1S/C29H41NO4S2/c1-27(2,21-10-12-23(31-4)25(18-21)33-6)30(28(3)35-16-9-17-36-28)20-29(14-8-15-29)22-11-13-24(32-5)26(19-22)34-7/h10-13,18-19H,8-9,14-17,20H2,1-7H3. The normalized spacial score (nSPS) is 18.9. The third-order valence-electron chi connectivity index (χ3n) is 8.05. The number of nitrogens with zero attached hydrogens (tertiary/aromatic N) is 1. The molecule has 36 heavy (non-hydrogen) atoms. The van der Waals surface area contributed by atoms with Crippen LogP contribution in [0.1, 0.15) is 57.6 Å². The van der Waals surface area contributed by atoms with Gasteiger partial charge >= 0.3 is 0 Å². The highest BCUT2D eigenvalue weighted by Crippen LogP contribution is 2.54. The molecule has 0 N–H and O–H groups in total. The molecule has 0 radical (unpaired) electrons. The first kappa shape index (κ1) is 27.3. The molecule has 0 unspecified atom stereocenters. The Morgan fingerprint density at radius 2 is 1.33 bits per heavy atom. The van der Waals surface area contributed by atoms with E-state index in [4.69, 9.17) is 18.9 Å². The summed E-state index contributed by atoms with van der Waals surface area (Å²) < 4.78 is 22.4. The van der Waals surface area contributed by atoms with Gasteiger partial charge in [0, 0.05) is 17.5 Å². The van der Waals surface area contributed by atoms with E-state index in [2.05, 4.69) is 79.5 Å². The van der Waals surface area contributed by atoms with Gasteiger partial charge in [-0.2, -0.15) is 0 Å². The minimum Gasteiger partial charge on any atom is -0.493 e. The molecule has 1 heterocycles. The van der Waals surface area contributed by atoms with Crippen LogP contribution in [0.2, 0.25) is 0 Å². The van der Waals surface area contributed by atoms with Gasteiger partial charge in [0.2, 0.25) is 0 Å². The highest BCUT2D eigenvalue weighted by molar-refractivity contribution is 8.18. The van der Waals surface area contributed by atoms with Crippen molar-refractivity contribution in [1.29, 1.82) is 0 Å². The number of hydrogen-bond acceptors (Lipinski definition) is 7. The molecule has 0 bridgehead atoms. The maximum Gasteiger partial charge on any atom is 0.161 e. The topological polar surface area (TPSA) is 40.2 Å². The van der Waals surface area contributed by atoms with Gasteiger partial charge in [-0.05, 0) is 86.9 Å². The fraction of sp³-hybridized carbons (Fsp3) is 0.586. The summed E-state index contributed by atoms with van der Waals surface area (Å²) in [5.41, 5.74) is 2.42. The van der Waals surface area contributed by atoms with Crippen LogP contribution in [0, 0.1) is 0 Å². The Labute approximate surface area is 225 Å². The third-order valence-corrected chi connectivity index (χ3v) is 11.3. The number of methoxy groups -OCH3 is 4. The molecule has 7 heteroatoms. The summed E-state index contributed by atoms with van der Waals surface area (Å²) in [7, 11) is 6.82. The number of thioether (sulfide) groups is 2. The van der Waals surface area contributed by atoms with E-state index in [0.717, 1.165) is 29.5 Å². The summed E-state index contributed by atoms with van der Waals surface area (Å²) in [6, 6.07) is 12.9. The SMILES string of the molecule is COc1ccc(C2(CN(C3(C)SCCCS3)C(C)(C)c3ccc(OC)c(OC)c3)CCC2)cc1OC. The molecule has 4 rings (SSSR count). The summed E-state index contributed by atoms with van der Waals surface area (Å²) in [5.74, 6) is 5.49. The van der Waals surface area contributed by atoms with Gasteiger partial charge in [-0.3, -0.25) is 4.90 Å². The van der Waals surface area contributed by atoms with Crippen LogP contribution in [-0.2, 0) is 11.0 Å². The lowest BCUT2D eigenvalue weighted by Gasteiger charge is -2.56. The largest absolute Gasteiger partial charge is 0.493 e. The molecule has 5 nitrogen and oxygen atoms in total. The molecule has 2 fully saturated rings. The first-order valence-electron chi connectivity index (χ1n) is 12.7. The molecule has 0 aromatic heterocycles. The molecule has 2 aromatic carbocycles. The molecule has 1 saturated carbocycles. The van der Waals surface area contributed by atoms with Gasteiger partial charge in [-0.15, -0.1) is 23.5 Å². The Morgan fingerprint density at radius 1 is 0.778 bits per heavy atom. The second-order valence-electron chi connectivity index (χ2n) is 10.4. The van der Waals surface area contributed by atoms with Crippen LogP contribution in [0.25, 0.3) is 0 Å². The van der Waals surface area contributed by atoms with Crippen LogP contribution < -0.4 is 18.9 Å². The second kappa shape index (κ2) is 11.0. The molecule has 0 atom stereocenters. The van der Waals surface area contributed by atoms with Gasteiger partial charge in [0.05, 0.1) is 28.4 Å². The molecular formula is C29H41NO4S2. The molecule has 0 spiro atoms. The number of rotatable bonds is 10. The first-order chi connectivity index (χ1) is 17.2. The average Bonchev–Trinajstić information content (AvgIpc) is 2.87. The number of ether oxygens (including phenoxy) is 4. The zero-order chi connectivity index (χ0) is 26.0. The molecule has 1 aliphatic carbocycles. The zero-order valence-electron chi connectivity index (χ0n) is 22.8. The maximum absolute atomic E-state index is 5.69. The summed E-state index contributed by atoms with van der Waals surface area (Å²) in [6.45, 7) is 8.11. The van der Waals surface area contributed by atoms with Crippen molar-refractivity contribution in [1.82, 2.24) is 4.90 Å². The van der Waals surface area contributed by atoms with Crippen LogP contribution >= 0.6 is 23.5 Å². The van der Waals surface area contributed by atoms with E-state index in [-0.39, 0.29) is 15.2 Å². The summed E-state index contributed by atoms with van der Waals surface area (Å²) >= 11 is 4.17. The van der Waals surface area contributed by atoms with Crippen molar-refractivity contribution in [3.05, 3.63) is 47.5 Å². The van der Waals surface area contributed by atoms with Crippen LogP contribution in [-0.4, -0.2) is 55.6 Å². The number of hydrogen-bond donors (Lipinski definition) is 0. The lowest BCUT2D eigenvalue weighted by molar-refractivity contribution is 0.0401. The van der Waals surface area contributed by atoms with Crippen LogP contribution in [0.4, 0.5) is 0 Å². The van der Waals surface area contributed by atoms with E-state index in [0.29, 0.717) is 0 Å². The van der Waals surface area contributed by atoms with Crippen molar-refractivity contribution in [2.24, 2.45) is 0 Å². The Morgan fingerprint density at radius 3 is 1.86 bits per heavy atom. The van der Waals surface area contributed by atoms with Gasteiger partial charge in [-0.25, -0.2) is 0 Å². The fourth-order valence-corrected chi connectivity index (χ4v) is 8.86. The third kappa shape index (κ3) is 5.03. The minimum atomic E-state index is -0.231. The summed E-state index contributed by atoms with van der Waals surface area (Å²) in [4.78, 5) is 2.76. The zero-order valence-corrected chi connectivity index (χ0v) is 24.4. The van der Waals surface area contributed by atoms with Gasteiger partial charge in [-0.1, -0.05) is 18.6 Å². The van der Waals surface area contributed by atoms with Crippen molar-refractivity contribution in [3.8, 4) is 23.0 Å². The van der Waals surface area contributed by atoms with Crippen molar-refractivity contribution >= 4 is 23.5 Å². The summed E-state index contributed by atoms with van der Waals surface area (Å²) in [6.07, 6.45) is 4.85. The predicted octanol–water partition coefficient (Wildman–Crippen LogP) is 6.92. The second-order valence-corrected chi connectivity index (χ2v) is 13.6. The van der Waals surface area contributed by atoms with E-state index in [9.17, 15) is 0 Å². The van der Waals surface area contributed by atoms with Crippen LogP contribution in [0.15, 0.2) is 36.4 Å². The lowest BCUT2D eigenvalue weighted by atomic mass is 9.63. The molecule has 2 aromatic rings. The van der Waals surface area contributed by atoms with E-state index < -0.39 is 0 Å². The molecule has 198 valence electrons. The highest BCUT2D eigenvalue weighted by Gasteiger charge is 2.50. The van der Waals surface area contributed by atoms with Gasteiger partial charge < -0.3 is 18.9 Å². The van der Waals surface area contributed by atoms with Crippen LogP contribution in [0.5, 0.6) is 23.0 Å². The van der Waals surface area contributed by atoms with Crippen molar-refractivity contribution in [2.45, 2.75) is 61.6 Å². The van der Waals surface area contributed by atoms with Gasteiger partial charge in [0.25, 0.3) is 0 Å². The van der Waals surface area contributed by atoms with E-state index >= 15 is 0 Å². The van der Waals surface area contributed by atoms with Crippen molar-refractivity contribution < 1.29 is 18.9 Å². The van der Waals surface area contributed by atoms with Gasteiger partial charge in [0.15, 0.2) is 23.0 Å². The lowest BCUT2D eigenvalue weighted by Crippen LogP contribution is -2.59. The number of benzene rings is 2. The maximum atomic E-state index is 5.69.